The Labute approximate surface area is 145 Å². The first-order valence-electron chi connectivity index (χ1n) is 8.78. The second-order valence-electron chi connectivity index (χ2n) is 6.99. The lowest BCUT2D eigenvalue weighted by Gasteiger charge is -2.32. The maximum atomic E-state index is 12.5. The number of likely N-dealkylation sites (tertiary alicyclic amines) is 2. The molecule has 0 N–H and O–H groups in total. The minimum atomic E-state index is -4.46. The van der Waals surface area contributed by atoms with Gasteiger partial charge in [0.2, 0.25) is 5.91 Å². The van der Waals surface area contributed by atoms with E-state index in [4.69, 9.17) is 0 Å². The third-order valence-corrected chi connectivity index (χ3v) is 5.05. The van der Waals surface area contributed by atoms with Gasteiger partial charge in [0.25, 0.3) is 0 Å². The van der Waals surface area contributed by atoms with Gasteiger partial charge < -0.3 is 9.47 Å². The number of hydrogen-bond acceptors (Lipinski definition) is 4. The quantitative estimate of drug-likeness (QED) is 0.826. The number of alkyl halides is 3. The molecule has 2 aliphatic rings. The van der Waals surface area contributed by atoms with Gasteiger partial charge in [-0.2, -0.15) is 13.2 Å². The Hall–Kier alpha value is -1.64. The molecule has 6 nitrogen and oxygen atoms in total. The van der Waals surface area contributed by atoms with Gasteiger partial charge in [0.05, 0.1) is 6.54 Å². The van der Waals surface area contributed by atoms with Gasteiger partial charge in [-0.3, -0.25) is 9.69 Å². The minimum absolute atomic E-state index is 0.0595. The minimum Gasteiger partial charge on any atom is -0.342 e. The highest BCUT2D eigenvalue weighted by Crippen LogP contribution is 2.28. The van der Waals surface area contributed by atoms with Crippen molar-refractivity contribution in [1.82, 2.24) is 24.6 Å². The van der Waals surface area contributed by atoms with Crippen molar-refractivity contribution in [2.75, 3.05) is 26.2 Å². The number of halogens is 3. The van der Waals surface area contributed by atoms with E-state index in [1.807, 2.05) is 11.6 Å². The summed E-state index contributed by atoms with van der Waals surface area (Å²) in [6.07, 6.45) is -1.96. The summed E-state index contributed by atoms with van der Waals surface area (Å²) >= 11 is 0. The number of piperidine rings is 1. The van der Waals surface area contributed by atoms with Gasteiger partial charge >= 0.3 is 6.18 Å². The number of amides is 1. The van der Waals surface area contributed by atoms with Crippen LogP contribution in [0.25, 0.3) is 0 Å². The Bertz CT molecular complexity index is 609. The molecule has 9 heteroatoms. The number of rotatable bonds is 4. The summed E-state index contributed by atoms with van der Waals surface area (Å²) < 4.78 is 39.3. The molecule has 2 aliphatic heterocycles. The monoisotopic (exact) mass is 359 g/mol. The smallest absolute Gasteiger partial charge is 0.342 e. The van der Waals surface area contributed by atoms with Gasteiger partial charge in [-0.25, -0.2) is 0 Å². The zero-order valence-corrected chi connectivity index (χ0v) is 14.4. The van der Waals surface area contributed by atoms with Crippen molar-refractivity contribution < 1.29 is 18.0 Å². The number of aromatic nitrogens is 3. The fraction of sp³-hybridized carbons (Fsp3) is 0.812. The Morgan fingerprint density at radius 2 is 1.88 bits per heavy atom. The van der Waals surface area contributed by atoms with Crippen molar-refractivity contribution in [3.05, 3.63) is 11.6 Å². The molecule has 3 rings (SSSR count). The Balaban J connectivity index is 1.65. The Morgan fingerprint density at radius 1 is 1.16 bits per heavy atom. The molecule has 1 atom stereocenters. The van der Waals surface area contributed by atoms with E-state index in [2.05, 4.69) is 15.1 Å². The fourth-order valence-corrected chi connectivity index (χ4v) is 3.71. The van der Waals surface area contributed by atoms with E-state index in [1.54, 1.807) is 0 Å². The number of nitrogens with zero attached hydrogens (tertiary/aromatic N) is 5. The van der Waals surface area contributed by atoms with Gasteiger partial charge in [0.15, 0.2) is 0 Å². The fourth-order valence-electron chi connectivity index (χ4n) is 3.71. The van der Waals surface area contributed by atoms with Crippen LogP contribution in [-0.4, -0.2) is 62.8 Å². The molecule has 1 aromatic heterocycles. The van der Waals surface area contributed by atoms with E-state index in [-0.39, 0.29) is 12.5 Å². The molecule has 0 saturated carbocycles. The Kier molecular flexibility index (Phi) is 5.31. The van der Waals surface area contributed by atoms with Crippen LogP contribution in [0.2, 0.25) is 0 Å². The van der Waals surface area contributed by atoms with Crippen molar-refractivity contribution in [3.8, 4) is 0 Å². The highest BCUT2D eigenvalue weighted by molar-refractivity contribution is 5.77. The first-order chi connectivity index (χ1) is 11.8. The molecule has 1 amide bonds. The van der Waals surface area contributed by atoms with Crippen LogP contribution in [0.4, 0.5) is 13.2 Å². The summed E-state index contributed by atoms with van der Waals surface area (Å²) in [6.45, 7) is 3.53. The van der Waals surface area contributed by atoms with Crippen LogP contribution in [0.5, 0.6) is 0 Å². The zero-order valence-electron chi connectivity index (χ0n) is 14.4. The van der Waals surface area contributed by atoms with Crippen LogP contribution < -0.4 is 0 Å². The van der Waals surface area contributed by atoms with Crippen molar-refractivity contribution in [3.63, 3.8) is 0 Å². The second kappa shape index (κ2) is 7.31. The van der Waals surface area contributed by atoms with E-state index in [0.29, 0.717) is 13.0 Å². The molecule has 1 unspecified atom stereocenters. The van der Waals surface area contributed by atoms with Crippen LogP contribution in [0, 0.1) is 0 Å². The van der Waals surface area contributed by atoms with Gasteiger partial charge in [-0.05, 0) is 38.8 Å². The summed E-state index contributed by atoms with van der Waals surface area (Å²) in [5.41, 5.74) is 0. The SMILES string of the molecule is Cn1c(CN2CCCC2)nnc1C1CCCN(C(=O)CC(F)(F)F)C1. The van der Waals surface area contributed by atoms with Gasteiger partial charge in [-0.1, -0.05) is 0 Å². The summed E-state index contributed by atoms with van der Waals surface area (Å²) in [5, 5.41) is 8.55. The molecule has 0 spiro atoms. The predicted octanol–water partition coefficient (Wildman–Crippen LogP) is 2.07. The molecule has 2 fully saturated rings. The van der Waals surface area contributed by atoms with E-state index < -0.39 is 18.5 Å². The van der Waals surface area contributed by atoms with Crippen molar-refractivity contribution in [2.45, 2.75) is 50.7 Å². The van der Waals surface area contributed by atoms with Crippen molar-refractivity contribution >= 4 is 5.91 Å². The van der Waals surface area contributed by atoms with E-state index >= 15 is 0 Å². The van der Waals surface area contributed by atoms with Crippen LogP contribution in [0.3, 0.4) is 0 Å². The lowest BCUT2D eigenvalue weighted by atomic mass is 9.97. The molecule has 3 heterocycles. The number of carbonyl (C=O) groups excluding carboxylic acids is 1. The normalized spacial score (nSPS) is 22.6. The van der Waals surface area contributed by atoms with Crippen LogP contribution in [0.1, 0.15) is 49.7 Å². The average molecular weight is 359 g/mol. The molecule has 0 bridgehead atoms. The van der Waals surface area contributed by atoms with Crippen LogP contribution in [0.15, 0.2) is 0 Å². The van der Waals surface area contributed by atoms with E-state index in [0.717, 1.165) is 37.7 Å². The maximum absolute atomic E-state index is 12.5. The van der Waals surface area contributed by atoms with Crippen molar-refractivity contribution in [1.29, 1.82) is 0 Å². The predicted molar refractivity (Wildman–Crippen MR) is 84.7 cm³/mol. The highest BCUT2D eigenvalue weighted by Gasteiger charge is 2.36. The maximum Gasteiger partial charge on any atom is 0.397 e. The molecule has 140 valence electrons. The summed E-state index contributed by atoms with van der Waals surface area (Å²) in [6, 6.07) is 0. The average Bonchev–Trinajstić information content (AvgIpc) is 3.17. The molecular formula is C16H24F3N5O. The van der Waals surface area contributed by atoms with Crippen LogP contribution in [-0.2, 0) is 18.4 Å². The molecule has 2 saturated heterocycles. The molecule has 1 aromatic rings. The lowest BCUT2D eigenvalue weighted by Crippen LogP contribution is -2.41. The topological polar surface area (TPSA) is 54.3 Å². The molecule has 0 aliphatic carbocycles. The standard InChI is InChI=1S/C16H24F3N5O/c1-22-13(11-23-6-2-3-7-23)20-21-15(22)12-5-4-8-24(10-12)14(25)9-16(17,18)19/h12H,2-11H2,1H3. The van der Waals surface area contributed by atoms with Gasteiger partial charge in [0.1, 0.15) is 18.1 Å². The van der Waals surface area contributed by atoms with E-state index in [1.165, 1.54) is 17.7 Å². The first kappa shape index (κ1) is 18.2. The molecule has 25 heavy (non-hydrogen) atoms. The third-order valence-electron chi connectivity index (χ3n) is 5.05. The number of carbonyl (C=O) groups is 1. The molecule has 0 aromatic carbocycles. The molecular weight excluding hydrogens is 335 g/mol. The summed E-state index contributed by atoms with van der Waals surface area (Å²) in [5.74, 6) is 0.724. The summed E-state index contributed by atoms with van der Waals surface area (Å²) in [4.78, 5) is 15.5. The van der Waals surface area contributed by atoms with Gasteiger partial charge in [-0.15, -0.1) is 10.2 Å². The van der Waals surface area contributed by atoms with Crippen LogP contribution >= 0.6 is 0 Å². The third kappa shape index (κ3) is 4.50. The van der Waals surface area contributed by atoms with Crippen molar-refractivity contribution in [2.24, 2.45) is 7.05 Å². The second-order valence-corrected chi connectivity index (χ2v) is 6.99. The largest absolute Gasteiger partial charge is 0.397 e. The lowest BCUT2D eigenvalue weighted by molar-refractivity contribution is -0.162. The molecule has 0 radical (unpaired) electrons. The number of hydrogen-bond donors (Lipinski definition) is 0. The summed E-state index contributed by atoms with van der Waals surface area (Å²) in [7, 11) is 1.90. The van der Waals surface area contributed by atoms with E-state index in [9.17, 15) is 18.0 Å². The van der Waals surface area contributed by atoms with Gasteiger partial charge in [0, 0.05) is 26.1 Å². The Morgan fingerprint density at radius 3 is 2.56 bits per heavy atom. The highest BCUT2D eigenvalue weighted by atomic mass is 19.4. The first-order valence-corrected chi connectivity index (χ1v) is 8.78. The zero-order chi connectivity index (χ0) is 18.0.